The first-order chi connectivity index (χ1) is 7.41. The Kier molecular flexibility index (Phi) is 4.15. The maximum Gasteiger partial charge on any atom is 0.312 e. The predicted octanol–water partition coefficient (Wildman–Crippen LogP) is 0.690. The van der Waals surface area contributed by atoms with Gasteiger partial charge in [0.2, 0.25) is 5.91 Å². The van der Waals surface area contributed by atoms with Crippen molar-refractivity contribution in [3.63, 3.8) is 0 Å². The van der Waals surface area contributed by atoms with Gasteiger partial charge in [0.1, 0.15) is 6.04 Å². The van der Waals surface area contributed by atoms with Crippen LogP contribution < -0.4 is 11.1 Å². The first-order valence-electron chi connectivity index (χ1n) is 5.78. The van der Waals surface area contributed by atoms with E-state index in [2.05, 4.69) is 19.2 Å². The fourth-order valence-corrected chi connectivity index (χ4v) is 1.72. The topological polar surface area (TPSA) is 75.4 Å². The van der Waals surface area contributed by atoms with Gasteiger partial charge in [-0.05, 0) is 25.7 Å². The normalized spacial score (nSPS) is 17.0. The van der Waals surface area contributed by atoms with Gasteiger partial charge in [-0.15, -0.1) is 0 Å². The van der Waals surface area contributed by atoms with E-state index >= 15 is 0 Å². The van der Waals surface area contributed by atoms with Crippen LogP contribution in [0.3, 0.4) is 0 Å². The van der Waals surface area contributed by atoms with E-state index in [0.29, 0.717) is 12.0 Å². The Labute approximate surface area is 96.4 Å². The van der Waals surface area contributed by atoms with E-state index in [1.807, 2.05) is 4.90 Å². The van der Waals surface area contributed by atoms with Crippen LogP contribution in [0.15, 0.2) is 0 Å². The first-order valence-corrected chi connectivity index (χ1v) is 5.78. The molecule has 5 nitrogen and oxygen atoms in total. The van der Waals surface area contributed by atoms with Gasteiger partial charge in [0.05, 0.1) is 0 Å². The summed E-state index contributed by atoms with van der Waals surface area (Å²) in [6.45, 7) is 6.57. The first kappa shape index (κ1) is 12.8. The van der Waals surface area contributed by atoms with Crippen LogP contribution in [0.4, 0.5) is 4.79 Å². The van der Waals surface area contributed by atoms with E-state index in [1.165, 1.54) is 0 Å². The summed E-state index contributed by atoms with van der Waals surface area (Å²) in [7, 11) is 0. The summed E-state index contributed by atoms with van der Waals surface area (Å²) in [4.78, 5) is 24.6. The van der Waals surface area contributed by atoms with Crippen molar-refractivity contribution in [1.29, 1.82) is 0 Å². The highest BCUT2D eigenvalue weighted by atomic mass is 16.2. The van der Waals surface area contributed by atoms with Crippen LogP contribution in [0.1, 0.15) is 33.6 Å². The summed E-state index contributed by atoms with van der Waals surface area (Å²) in [6, 6.07) is -0.815. The van der Waals surface area contributed by atoms with Gasteiger partial charge in [-0.1, -0.05) is 13.8 Å². The number of rotatable bonds is 5. The lowest BCUT2D eigenvalue weighted by atomic mass is 10.2. The molecule has 0 bridgehead atoms. The zero-order valence-corrected chi connectivity index (χ0v) is 10.2. The summed E-state index contributed by atoms with van der Waals surface area (Å²) in [5.41, 5.74) is 5.00. The number of hydrogen-bond donors (Lipinski definition) is 2. The van der Waals surface area contributed by atoms with E-state index < -0.39 is 12.1 Å². The van der Waals surface area contributed by atoms with E-state index in [4.69, 9.17) is 5.73 Å². The maximum absolute atomic E-state index is 12.1. The smallest absolute Gasteiger partial charge is 0.312 e. The van der Waals surface area contributed by atoms with Gasteiger partial charge in [-0.2, -0.15) is 0 Å². The largest absolute Gasteiger partial charge is 0.352 e. The minimum Gasteiger partial charge on any atom is -0.352 e. The van der Waals surface area contributed by atoms with E-state index in [0.717, 1.165) is 19.4 Å². The quantitative estimate of drug-likeness (QED) is 0.725. The molecule has 0 heterocycles. The Hall–Kier alpha value is -1.26. The Morgan fingerprint density at radius 3 is 2.31 bits per heavy atom. The fraction of sp³-hybridized carbons (Fsp3) is 0.818. The van der Waals surface area contributed by atoms with Gasteiger partial charge in [-0.3, -0.25) is 4.79 Å². The molecule has 1 saturated carbocycles. The molecule has 3 amide bonds. The van der Waals surface area contributed by atoms with Crippen LogP contribution in [-0.2, 0) is 4.79 Å². The number of carbonyl (C=O) groups excluding carboxylic acids is 2. The van der Waals surface area contributed by atoms with Crippen LogP contribution in [0.5, 0.6) is 0 Å². The summed E-state index contributed by atoms with van der Waals surface area (Å²) < 4.78 is 0. The third-order valence-electron chi connectivity index (χ3n) is 2.56. The highest BCUT2D eigenvalue weighted by Crippen LogP contribution is 2.28. The molecule has 1 fully saturated rings. The summed E-state index contributed by atoms with van der Waals surface area (Å²) >= 11 is 0. The number of nitrogens with zero attached hydrogens (tertiary/aromatic N) is 1. The molecular formula is C11H21N3O2. The molecule has 0 spiro atoms. The second-order valence-electron chi connectivity index (χ2n) is 4.85. The van der Waals surface area contributed by atoms with Gasteiger partial charge in [0, 0.05) is 12.6 Å². The molecule has 5 heteroatoms. The van der Waals surface area contributed by atoms with Gasteiger partial charge in [-0.25, -0.2) is 4.79 Å². The van der Waals surface area contributed by atoms with Crippen LogP contribution in [-0.4, -0.2) is 35.5 Å². The summed E-state index contributed by atoms with van der Waals surface area (Å²) in [5, 5.41) is 2.43. The lowest BCUT2D eigenvalue weighted by Gasteiger charge is -2.27. The molecule has 0 unspecified atom stereocenters. The predicted molar refractivity (Wildman–Crippen MR) is 61.8 cm³/mol. The molecule has 1 rings (SSSR count). The average Bonchev–Trinajstić information content (AvgIpc) is 2.94. The van der Waals surface area contributed by atoms with E-state index in [-0.39, 0.29) is 5.91 Å². The minimum absolute atomic E-state index is 0.0324. The molecule has 1 aliphatic rings. The zero-order valence-electron chi connectivity index (χ0n) is 10.2. The molecule has 0 radical (unpaired) electrons. The Balaban J connectivity index is 2.55. The van der Waals surface area contributed by atoms with Crippen molar-refractivity contribution >= 4 is 11.9 Å². The SMILES string of the molecule is CC(C)CN(C(=O)[C@@H](C)NC(N)=O)C1CC1. The van der Waals surface area contributed by atoms with Gasteiger partial charge in [0.25, 0.3) is 0 Å². The lowest BCUT2D eigenvalue weighted by molar-refractivity contribution is -0.133. The zero-order chi connectivity index (χ0) is 12.3. The maximum atomic E-state index is 12.1. The molecule has 0 aliphatic heterocycles. The van der Waals surface area contributed by atoms with Crippen molar-refractivity contribution < 1.29 is 9.59 Å². The van der Waals surface area contributed by atoms with Gasteiger partial charge < -0.3 is 16.0 Å². The van der Waals surface area contributed by atoms with Gasteiger partial charge in [0.15, 0.2) is 0 Å². The molecule has 16 heavy (non-hydrogen) atoms. The van der Waals surface area contributed by atoms with Crippen LogP contribution in [0, 0.1) is 5.92 Å². The number of amides is 3. The van der Waals surface area contributed by atoms with Crippen molar-refractivity contribution in [3.05, 3.63) is 0 Å². The fourth-order valence-electron chi connectivity index (χ4n) is 1.72. The number of primary amides is 1. The molecule has 0 aromatic carbocycles. The molecule has 1 atom stereocenters. The van der Waals surface area contributed by atoms with Crippen LogP contribution in [0.25, 0.3) is 0 Å². The summed E-state index contributed by atoms with van der Waals surface area (Å²) in [5.74, 6) is 0.403. The lowest BCUT2D eigenvalue weighted by Crippen LogP contribution is -2.50. The Bertz CT molecular complexity index is 274. The van der Waals surface area contributed by atoms with Crippen molar-refractivity contribution in [2.24, 2.45) is 11.7 Å². The molecule has 0 aromatic heterocycles. The van der Waals surface area contributed by atoms with E-state index in [1.54, 1.807) is 6.92 Å². The van der Waals surface area contributed by atoms with Crippen LogP contribution >= 0.6 is 0 Å². The van der Waals surface area contributed by atoms with Crippen LogP contribution in [0.2, 0.25) is 0 Å². The minimum atomic E-state index is -0.652. The average molecular weight is 227 g/mol. The highest BCUT2D eigenvalue weighted by molar-refractivity contribution is 5.86. The number of nitrogens with one attached hydrogen (secondary N) is 1. The molecular weight excluding hydrogens is 206 g/mol. The van der Waals surface area contributed by atoms with Gasteiger partial charge >= 0.3 is 6.03 Å². The van der Waals surface area contributed by atoms with Crippen molar-refractivity contribution in [2.75, 3.05) is 6.54 Å². The second kappa shape index (κ2) is 5.18. The molecule has 0 saturated heterocycles. The van der Waals surface area contributed by atoms with Crippen molar-refractivity contribution in [3.8, 4) is 0 Å². The molecule has 1 aliphatic carbocycles. The Morgan fingerprint density at radius 2 is 1.94 bits per heavy atom. The molecule has 0 aromatic rings. The highest BCUT2D eigenvalue weighted by Gasteiger charge is 2.34. The monoisotopic (exact) mass is 227 g/mol. The number of hydrogen-bond acceptors (Lipinski definition) is 2. The summed E-state index contributed by atoms with van der Waals surface area (Å²) in [6.07, 6.45) is 2.14. The number of urea groups is 1. The third-order valence-corrected chi connectivity index (χ3v) is 2.56. The third kappa shape index (κ3) is 3.72. The number of carbonyl (C=O) groups is 2. The Morgan fingerprint density at radius 1 is 1.38 bits per heavy atom. The standard InChI is InChI=1S/C11H21N3O2/c1-7(2)6-14(9-4-5-9)10(15)8(3)13-11(12)16/h7-9H,4-6H2,1-3H3,(H3,12,13,16)/t8-/m1/s1. The molecule has 92 valence electrons. The second-order valence-corrected chi connectivity index (χ2v) is 4.85. The number of nitrogens with two attached hydrogens (primary N) is 1. The van der Waals surface area contributed by atoms with Crippen molar-refractivity contribution in [1.82, 2.24) is 10.2 Å². The van der Waals surface area contributed by atoms with Crippen molar-refractivity contribution in [2.45, 2.75) is 45.7 Å². The molecule has 3 N–H and O–H groups in total. The van der Waals surface area contributed by atoms with E-state index in [9.17, 15) is 9.59 Å².